The average molecular weight is 703 g/mol. The maximum absolute atomic E-state index is 15.3. The summed E-state index contributed by atoms with van der Waals surface area (Å²) in [6.45, 7) is 0.742. The molecule has 1 saturated heterocycles. The van der Waals surface area contributed by atoms with Crippen LogP contribution in [0.5, 0.6) is 0 Å². The second kappa shape index (κ2) is 12.8. The molecule has 0 spiro atoms. The Morgan fingerprint density at radius 1 is 1.02 bits per heavy atom. The molecule has 51 heavy (non-hydrogen) atoms. The van der Waals surface area contributed by atoms with E-state index < -0.39 is 36.2 Å². The van der Waals surface area contributed by atoms with Crippen LogP contribution in [-0.4, -0.2) is 78.9 Å². The van der Waals surface area contributed by atoms with Crippen LogP contribution >= 0.6 is 0 Å². The molecule has 14 heteroatoms. The number of urea groups is 1. The Morgan fingerprint density at radius 2 is 1.78 bits per heavy atom. The number of imidazole rings is 1. The topological polar surface area (TPSA) is 104 Å². The summed E-state index contributed by atoms with van der Waals surface area (Å²) in [6.07, 6.45) is -2.45. The molecule has 0 aliphatic carbocycles. The SMILES string of the molecule is O=C1NC(O)C(c2cnc3ccccn23)=C1c1cn2c3c(cc(F)cc13)CN(C(=O)N1CCC(C(OCc3ccccc3)C(F)(F)F)CC1)CC2. The minimum Gasteiger partial charge on any atom is -0.369 e. The minimum absolute atomic E-state index is 0.0653. The third-order valence-corrected chi connectivity index (χ3v) is 10.1. The molecule has 6 heterocycles. The van der Waals surface area contributed by atoms with Crippen LogP contribution in [0.25, 0.3) is 27.7 Å². The third kappa shape index (κ3) is 6.01. The molecule has 10 nitrogen and oxygen atoms in total. The number of benzene rings is 2. The largest absolute Gasteiger partial charge is 0.414 e. The summed E-state index contributed by atoms with van der Waals surface area (Å²) in [7, 11) is 0. The fourth-order valence-corrected chi connectivity index (χ4v) is 7.71. The van der Waals surface area contributed by atoms with Crippen molar-refractivity contribution in [3.05, 3.63) is 107 Å². The van der Waals surface area contributed by atoms with E-state index in [1.807, 2.05) is 16.7 Å². The van der Waals surface area contributed by atoms with Crippen LogP contribution in [0.1, 0.15) is 35.2 Å². The number of aromatic nitrogens is 3. The number of piperidine rings is 1. The number of hydrogen-bond acceptors (Lipinski definition) is 5. The van der Waals surface area contributed by atoms with Gasteiger partial charge in [-0.3, -0.25) is 9.20 Å². The van der Waals surface area contributed by atoms with Gasteiger partial charge in [0.15, 0.2) is 12.3 Å². The van der Waals surface area contributed by atoms with Crippen LogP contribution in [0.15, 0.2) is 79.3 Å². The highest BCUT2D eigenvalue weighted by atomic mass is 19.4. The first-order valence-electron chi connectivity index (χ1n) is 16.8. The summed E-state index contributed by atoms with van der Waals surface area (Å²) in [4.78, 5) is 34.7. The van der Waals surface area contributed by atoms with Crippen molar-refractivity contribution < 1.29 is 37.0 Å². The van der Waals surface area contributed by atoms with E-state index in [9.17, 15) is 27.9 Å². The summed E-state index contributed by atoms with van der Waals surface area (Å²) in [5.41, 5.74) is 3.94. The molecule has 5 aromatic rings. The number of carbonyl (C=O) groups excluding carboxylic acids is 2. The molecular formula is C37H34F4N6O4. The third-order valence-electron chi connectivity index (χ3n) is 10.1. The zero-order valence-electron chi connectivity index (χ0n) is 27.3. The van der Waals surface area contributed by atoms with Gasteiger partial charge in [-0.15, -0.1) is 0 Å². The van der Waals surface area contributed by atoms with Crippen molar-refractivity contribution in [2.45, 2.75) is 51.0 Å². The van der Waals surface area contributed by atoms with E-state index in [2.05, 4.69) is 10.3 Å². The number of nitrogens with one attached hydrogen (secondary N) is 1. The van der Waals surface area contributed by atoms with Crippen molar-refractivity contribution in [1.82, 2.24) is 29.1 Å². The number of amides is 3. The number of rotatable bonds is 6. The fraction of sp³-hybridized carbons (Fsp3) is 0.324. The number of fused-ring (bicyclic) bond motifs is 1. The molecule has 2 aromatic carbocycles. The molecule has 3 aliphatic rings. The summed E-state index contributed by atoms with van der Waals surface area (Å²) < 4.78 is 66.6. The van der Waals surface area contributed by atoms with Crippen LogP contribution in [-0.2, 0) is 29.2 Å². The molecule has 3 amide bonds. The number of alkyl halides is 3. The van der Waals surface area contributed by atoms with Crippen LogP contribution in [0.3, 0.4) is 0 Å². The molecule has 0 saturated carbocycles. The van der Waals surface area contributed by atoms with Crippen molar-refractivity contribution in [3.63, 3.8) is 0 Å². The minimum atomic E-state index is -4.55. The van der Waals surface area contributed by atoms with E-state index in [0.717, 1.165) is 0 Å². The van der Waals surface area contributed by atoms with E-state index in [0.29, 0.717) is 51.1 Å². The lowest BCUT2D eigenvalue weighted by Crippen LogP contribution is -2.50. The lowest BCUT2D eigenvalue weighted by Gasteiger charge is -2.38. The van der Waals surface area contributed by atoms with Gasteiger partial charge in [-0.1, -0.05) is 36.4 Å². The maximum Gasteiger partial charge on any atom is 0.414 e. The second-order valence-electron chi connectivity index (χ2n) is 13.2. The van der Waals surface area contributed by atoms with Crippen LogP contribution in [0.4, 0.5) is 22.4 Å². The van der Waals surface area contributed by atoms with Gasteiger partial charge in [0, 0.05) is 61.6 Å². The van der Waals surface area contributed by atoms with Gasteiger partial charge >= 0.3 is 12.2 Å². The molecule has 2 N–H and O–H groups in total. The van der Waals surface area contributed by atoms with E-state index in [1.165, 1.54) is 12.1 Å². The summed E-state index contributed by atoms with van der Waals surface area (Å²) in [5.74, 6) is -1.87. The lowest BCUT2D eigenvalue weighted by molar-refractivity contribution is -0.243. The zero-order valence-corrected chi connectivity index (χ0v) is 27.3. The first-order valence-corrected chi connectivity index (χ1v) is 16.8. The zero-order chi connectivity index (χ0) is 35.4. The van der Waals surface area contributed by atoms with Crippen molar-refractivity contribution >= 4 is 39.6 Å². The monoisotopic (exact) mass is 702 g/mol. The lowest BCUT2D eigenvalue weighted by atomic mass is 9.90. The van der Waals surface area contributed by atoms with Gasteiger partial charge in [0.25, 0.3) is 5.91 Å². The highest BCUT2D eigenvalue weighted by Crippen LogP contribution is 2.40. The molecule has 264 valence electrons. The predicted molar refractivity (Wildman–Crippen MR) is 179 cm³/mol. The summed E-state index contributed by atoms with van der Waals surface area (Å²) >= 11 is 0. The number of hydrogen-bond donors (Lipinski definition) is 2. The molecule has 0 bridgehead atoms. The molecule has 0 radical (unpaired) electrons. The van der Waals surface area contributed by atoms with Crippen molar-refractivity contribution in [2.24, 2.45) is 5.92 Å². The van der Waals surface area contributed by atoms with Crippen molar-refractivity contribution in [3.8, 4) is 0 Å². The van der Waals surface area contributed by atoms with Gasteiger partial charge in [0.2, 0.25) is 0 Å². The standard InChI is InChI=1S/C37H34F4N6O4/c38-25-16-24-19-46(36(50)44-12-9-23(10-13-44)33(37(39,40)41)51-21-22-6-2-1-3-7-22)15-14-45-20-27(26(17-25)32(24)45)30-31(35(49)43-34(30)48)28-18-42-29-8-4-5-11-47(28)29/h1-8,11,16-18,20,23,33,35,49H,9-10,12-15,19,21H2,(H,43,48). The summed E-state index contributed by atoms with van der Waals surface area (Å²) in [6, 6.07) is 16.5. The number of halogens is 4. The Bertz CT molecular complexity index is 2170. The molecule has 2 atom stereocenters. The van der Waals surface area contributed by atoms with Crippen molar-refractivity contribution in [2.75, 3.05) is 19.6 Å². The second-order valence-corrected chi connectivity index (χ2v) is 13.2. The van der Waals surface area contributed by atoms with Crippen LogP contribution in [0.2, 0.25) is 0 Å². The van der Waals surface area contributed by atoms with E-state index in [-0.39, 0.29) is 57.2 Å². The van der Waals surface area contributed by atoms with Gasteiger partial charge in [-0.05, 0) is 54.2 Å². The average Bonchev–Trinajstić information content (AvgIpc) is 3.74. The van der Waals surface area contributed by atoms with Gasteiger partial charge in [0.05, 0.1) is 29.6 Å². The number of aliphatic hydroxyl groups excluding tert-OH is 1. The number of carbonyl (C=O) groups is 2. The number of nitrogens with zero attached hydrogens (tertiary/aromatic N) is 5. The number of pyridine rings is 1. The van der Waals surface area contributed by atoms with Crippen molar-refractivity contribution in [1.29, 1.82) is 0 Å². The Morgan fingerprint density at radius 3 is 2.55 bits per heavy atom. The highest BCUT2D eigenvalue weighted by molar-refractivity contribution is 6.32. The molecule has 1 fully saturated rings. The molecule has 8 rings (SSSR count). The summed E-state index contributed by atoms with van der Waals surface area (Å²) in [5, 5.41) is 14.0. The van der Waals surface area contributed by atoms with Gasteiger partial charge in [-0.2, -0.15) is 13.2 Å². The first kappa shape index (κ1) is 33.0. The van der Waals surface area contributed by atoms with Gasteiger partial charge in [-0.25, -0.2) is 14.2 Å². The molecule has 3 aromatic heterocycles. The smallest absolute Gasteiger partial charge is 0.369 e. The molecular weight excluding hydrogens is 668 g/mol. The van der Waals surface area contributed by atoms with E-state index in [4.69, 9.17) is 4.74 Å². The Hall–Kier alpha value is -5.21. The van der Waals surface area contributed by atoms with E-state index >= 15 is 4.39 Å². The fourth-order valence-electron chi connectivity index (χ4n) is 7.71. The Balaban J connectivity index is 1.03. The molecule has 2 unspecified atom stereocenters. The normalized spacial score (nSPS) is 19.2. The number of aliphatic hydroxyl groups is 1. The maximum atomic E-state index is 15.3. The van der Waals surface area contributed by atoms with E-state index in [1.54, 1.807) is 69.2 Å². The predicted octanol–water partition coefficient (Wildman–Crippen LogP) is 5.58. The Labute approximate surface area is 289 Å². The van der Waals surface area contributed by atoms with Crippen LogP contribution < -0.4 is 5.32 Å². The first-order chi connectivity index (χ1) is 24.6. The molecule has 3 aliphatic heterocycles. The van der Waals surface area contributed by atoms with Gasteiger partial charge < -0.3 is 29.5 Å². The highest BCUT2D eigenvalue weighted by Gasteiger charge is 2.47. The van der Waals surface area contributed by atoms with Crippen LogP contribution in [0, 0.1) is 11.7 Å². The van der Waals surface area contributed by atoms with Gasteiger partial charge in [0.1, 0.15) is 11.5 Å². The number of likely N-dealkylation sites (tertiary alicyclic amines) is 1. The quantitative estimate of drug-likeness (QED) is 0.225. The number of ether oxygens (including phenoxy) is 1. The Kier molecular flexibility index (Phi) is 8.30.